The molecule has 0 bridgehead atoms. The normalized spacial score (nSPS) is 14.3. The second kappa shape index (κ2) is 12.7. The second-order valence-corrected chi connectivity index (χ2v) is 10.8. The van der Waals surface area contributed by atoms with Gasteiger partial charge in [0.1, 0.15) is 12.6 Å². The topological polar surface area (TPSA) is 87.5 Å². The summed E-state index contributed by atoms with van der Waals surface area (Å²) in [5.74, 6) is 1.87. The Morgan fingerprint density at radius 2 is 1.78 bits per heavy atom. The molecular formula is C31H31ClN4O4S. The van der Waals surface area contributed by atoms with Crippen LogP contribution < -0.4 is 14.8 Å². The molecule has 1 aromatic heterocycles. The van der Waals surface area contributed by atoms with Gasteiger partial charge in [-0.05, 0) is 61.2 Å². The van der Waals surface area contributed by atoms with E-state index in [0.717, 1.165) is 22.3 Å². The number of halogens is 1. The Balaban J connectivity index is 1.49. The molecule has 0 aliphatic carbocycles. The predicted molar refractivity (Wildman–Crippen MR) is 161 cm³/mol. The van der Waals surface area contributed by atoms with Crippen LogP contribution in [0.4, 0.5) is 5.95 Å². The largest absolute Gasteiger partial charge is 0.490 e. The zero-order valence-corrected chi connectivity index (χ0v) is 24.9. The van der Waals surface area contributed by atoms with Crippen LogP contribution in [0.1, 0.15) is 42.1 Å². The average Bonchev–Trinajstić information content (AvgIpc) is 3.38. The lowest BCUT2D eigenvalue weighted by molar-refractivity contribution is -0.136. The van der Waals surface area contributed by atoms with Gasteiger partial charge in [-0.2, -0.15) is 4.98 Å². The van der Waals surface area contributed by atoms with Gasteiger partial charge in [0.25, 0.3) is 0 Å². The molecule has 0 saturated carbocycles. The molecule has 1 atom stereocenters. The number of rotatable bonds is 10. The average molecular weight is 591 g/mol. The summed E-state index contributed by atoms with van der Waals surface area (Å²) >= 11 is 7.82. The first kappa shape index (κ1) is 28.6. The third-order valence-corrected chi connectivity index (χ3v) is 8.04. The number of carbonyl (C=O) groups is 1. The Morgan fingerprint density at radius 1 is 1.02 bits per heavy atom. The standard InChI is InChI=1S/C31H31ClN4O4S/c1-5-39-26-16-21(14-15-25(26)40-17-22-11-7-6-10-19(22)2)28-27(29(37)38-4)20(3)33-30-34-31(35-36(28)30)41-18-23-12-8-9-13-24(23)32/h6-16,28H,5,17-18H2,1-4H3,(H,33,34,35). The summed E-state index contributed by atoms with van der Waals surface area (Å²) in [6.07, 6.45) is 0. The van der Waals surface area contributed by atoms with E-state index in [-0.39, 0.29) is 0 Å². The summed E-state index contributed by atoms with van der Waals surface area (Å²) in [5.41, 5.74) is 5.10. The van der Waals surface area contributed by atoms with E-state index < -0.39 is 12.0 Å². The Kier molecular flexibility index (Phi) is 8.85. The number of fused-ring (bicyclic) bond motifs is 1. The Hall–Kier alpha value is -3.95. The molecule has 0 fully saturated rings. The molecule has 1 aliphatic heterocycles. The van der Waals surface area contributed by atoms with Gasteiger partial charge in [-0.25, -0.2) is 9.48 Å². The third-order valence-electron chi connectivity index (χ3n) is 6.78. The van der Waals surface area contributed by atoms with Gasteiger partial charge in [0, 0.05) is 16.5 Å². The molecule has 0 radical (unpaired) electrons. The lowest BCUT2D eigenvalue weighted by Crippen LogP contribution is -2.29. The minimum absolute atomic E-state index is 0.408. The number of carbonyl (C=O) groups excluding carboxylic acids is 1. The van der Waals surface area contributed by atoms with Crippen LogP contribution in [0, 0.1) is 6.92 Å². The monoisotopic (exact) mass is 590 g/mol. The summed E-state index contributed by atoms with van der Waals surface area (Å²) in [6, 6.07) is 20.9. The number of aromatic nitrogens is 3. The fourth-order valence-electron chi connectivity index (χ4n) is 4.64. The quantitative estimate of drug-likeness (QED) is 0.156. The van der Waals surface area contributed by atoms with Crippen molar-refractivity contribution >= 4 is 35.3 Å². The molecule has 41 heavy (non-hydrogen) atoms. The van der Waals surface area contributed by atoms with E-state index in [4.69, 9.17) is 35.9 Å². The summed E-state index contributed by atoms with van der Waals surface area (Å²) in [7, 11) is 1.37. The first-order chi connectivity index (χ1) is 19.9. The predicted octanol–water partition coefficient (Wildman–Crippen LogP) is 6.97. The Morgan fingerprint density at radius 3 is 2.51 bits per heavy atom. The van der Waals surface area contributed by atoms with Crippen LogP contribution >= 0.6 is 23.4 Å². The highest BCUT2D eigenvalue weighted by Gasteiger charge is 2.35. The molecule has 0 saturated heterocycles. The van der Waals surface area contributed by atoms with Gasteiger partial charge in [0.05, 0.1) is 19.3 Å². The SMILES string of the molecule is CCOc1cc(C2C(C(=O)OC)=C(C)Nc3nc(SCc4ccccc4Cl)nn32)ccc1OCc1ccccc1C. The van der Waals surface area contributed by atoms with Gasteiger partial charge in [-0.1, -0.05) is 71.9 Å². The van der Waals surface area contributed by atoms with Crippen LogP contribution in [0.15, 0.2) is 83.2 Å². The second-order valence-electron chi connectivity index (χ2n) is 9.45. The van der Waals surface area contributed by atoms with E-state index in [0.29, 0.717) is 57.9 Å². The number of esters is 1. The smallest absolute Gasteiger partial charge is 0.338 e. The number of hydrogen-bond acceptors (Lipinski definition) is 8. The fourth-order valence-corrected chi connectivity index (χ4v) is 5.76. The van der Waals surface area contributed by atoms with Crippen molar-refractivity contribution in [3.8, 4) is 11.5 Å². The van der Waals surface area contributed by atoms with E-state index in [9.17, 15) is 4.79 Å². The van der Waals surface area contributed by atoms with Crippen molar-refractivity contribution in [2.45, 2.75) is 44.3 Å². The van der Waals surface area contributed by atoms with Crippen molar-refractivity contribution in [2.75, 3.05) is 19.0 Å². The van der Waals surface area contributed by atoms with Crippen LogP contribution in [0.5, 0.6) is 11.5 Å². The number of allylic oxidation sites excluding steroid dienone is 1. The first-order valence-corrected chi connectivity index (χ1v) is 14.6. The molecule has 2 heterocycles. The van der Waals surface area contributed by atoms with E-state index in [1.54, 1.807) is 4.68 Å². The fraction of sp³-hybridized carbons (Fsp3) is 0.258. The summed E-state index contributed by atoms with van der Waals surface area (Å²) < 4.78 is 19.1. The molecule has 0 amide bonds. The van der Waals surface area contributed by atoms with Crippen LogP contribution in [0.2, 0.25) is 5.02 Å². The van der Waals surface area contributed by atoms with E-state index in [1.165, 1.54) is 18.9 Å². The number of nitrogens with one attached hydrogen (secondary N) is 1. The maximum Gasteiger partial charge on any atom is 0.338 e. The van der Waals surface area contributed by atoms with Crippen LogP contribution in [-0.2, 0) is 21.9 Å². The molecule has 1 aliphatic rings. The molecule has 0 spiro atoms. The number of thioether (sulfide) groups is 1. The van der Waals surface area contributed by atoms with Crippen molar-refractivity contribution in [3.63, 3.8) is 0 Å². The van der Waals surface area contributed by atoms with Gasteiger partial charge < -0.3 is 19.5 Å². The highest BCUT2D eigenvalue weighted by atomic mass is 35.5. The lowest BCUT2D eigenvalue weighted by atomic mass is 9.95. The lowest BCUT2D eigenvalue weighted by Gasteiger charge is -2.28. The highest BCUT2D eigenvalue weighted by Crippen LogP contribution is 2.40. The van der Waals surface area contributed by atoms with Crippen molar-refractivity contribution in [2.24, 2.45) is 0 Å². The minimum atomic E-state index is -0.592. The molecular weight excluding hydrogens is 560 g/mol. The summed E-state index contributed by atoms with van der Waals surface area (Å²) in [6.45, 7) is 6.67. The maximum absolute atomic E-state index is 13.0. The summed E-state index contributed by atoms with van der Waals surface area (Å²) in [5, 5.41) is 9.26. The number of aryl methyl sites for hydroxylation is 1. The minimum Gasteiger partial charge on any atom is -0.490 e. The molecule has 1 unspecified atom stereocenters. The number of benzene rings is 3. The number of ether oxygens (including phenoxy) is 3. The van der Waals surface area contributed by atoms with Gasteiger partial charge in [0.2, 0.25) is 11.1 Å². The van der Waals surface area contributed by atoms with Crippen LogP contribution in [0.3, 0.4) is 0 Å². The van der Waals surface area contributed by atoms with Gasteiger partial charge >= 0.3 is 5.97 Å². The van der Waals surface area contributed by atoms with Gasteiger partial charge in [0.15, 0.2) is 11.5 Å². The van der Waals surface area contributed by atoms with Crippen molar-refractivity contribution in [3.05, 3.63) is 105 Å². The van der Waals surface area contributed by atoms with Crippen LogP contribution in [0.25, 0.3) is 0 Å². The van der Waals surface area contributed by atoms with Gasteiger partial charge in [-0.15, -0.1) is 5.10 Å². The van der Waals surface area contributed by atoms with Gasteiger partial charge in [-0.3, -0.25) is 0 Å². The molecule has 1 N–H and O–H groups in total. The zero-order chi connectivity index (χ0) is 28.9. The maximum atomic E-state index is 13.0. The Labute approximate surface area is 248 Å². The van der Waals surface area contributed by atoms with E-state index in [2.05, 4.69) is 18.3 Å². The molecule has 5 rings (SSSR count). The van der Waals surface area contributed by atoms with Crippen molar-refractivity contribution in [1.29, 1.82) is 0 Å². The van der Waals surface area contributed by atoms with E-state index >= 15 is 0 Å². The van der Waals surface area contributed by atoms with Crippen LogP contribution in [-0.4, -0.2) is 34.5 Å². The molecule has 4 aromatic rings. The Bertz CT molecular complexity index is 1600. The van der Waals surface area contributed by atoms with Crippen molar-refractivity contribution < 1.29 is 19.0 Å². The summed E-state index contributed by atoms with van der Waals surface area (Å²) in [4.78, 5) is 17.7. The van der Waals surface area contributed by atoms with E-state index in [1.807, 2.05) is 74.5 Å². The number of anilines is 1. The molecule has 8 nitrogen and oxygen atoms in total. The number of methoxy groups -OCH3 is 1. The third kappa shape index (κ3) is 6.21. The van der Waals surface area contributed by atoms with Crippen molar-refractivity contribution in [1.82, 2.24) is 14.8 Å². The molecule has 3 aromatic carbocycles. The number of hydrogen-bond donors (Lipinski definition) is 1. The highest BCUT2D eigenvalue weighted by molar-refractivity contribution is 7.98. The molecule has 212 valence electrons. The molecule has 10 heteroatoms. The number of nitrogens with zero attached hydrogens (tertiary/aromatic N) is 3. The zero-order valence-electron chi connectivity index (χ0n) is 23.3. The first-order valence-electron chi connectivity index (χ1n) is 13.2.